The highest BCUT2D eigenvalue weighted by Crippen LogP contribution is 2.46. The average molecular weight is 430 g/mol. The molecule has 11 heteroatoms. The summed E-state index contributed by atoms with van der Waals surface area (Å²) in [6, 6.07) is 4.54. The number of anilines is 1. The fraction of sp³-hybridized carbons (Fsp3) is 0.438. The molecule has 2 atom stereocenters. The molecule has 1 aromatic rings. The van der Waals surface area contributed by atoms with Crippen molar-refractivity contribution >= 4 is 50.0 Å². The number of ether oxygens (including phenoxy) is 2. The molecule has 0 spiro atoms. The summed E-state index contributed by atoms with van der Waals surface area (Å²) >= 11 is 7.47. The normalized spacial score (nSPS) is 24.5. The van der Waals surface area contributed by atoms with Crippen LogP contribution in [0.25, 0.3) is 0 Å². The lowest BCUT2D eigenvalue weighted by molar-refractivity contribution is -0.116. The fourth-order valence-electron chi connectivity index (χ4n) is 3.09. The third-order valence-electron chi connectivity index (χ3n) is 4.23. The summed E-state index contributed by atoms with van der Waals surface area (Å²) in [7, 11) is -0.265. The summed E-state index contributed by atoms with van der Waals surface area (Å²) in [5.74, 6) is 0.145. The summed E-state index contributed by atoms with van der Waals surface area (Å²) in [6.07, 6.45) is -0.355. The van der Waals surface area contributed by atoms with E-state index < -0.39 is 21.8 Å². The molecule has 0 bridgehead atoms. The number of carbonyl (C=O) groups is 1. The van der Waals surface area contributed by atoms with Crippen LogP contribution in [0.3, 0.4) is 0 Å². The zero-order valence-electron chi connectivity index (χ0n) is 14.5. The number of methoxy groups -OCH3 is 2. The number of sulfone groups is 1. The van der Waals surface area contributed by atoms with E-state index in [0.717, 1.165) is 0 Å². The van der Waals surface area contributed by atoms with Gasteiger partial charge in [0.05, 0.1) is 48.5 Å². The third-order valence-corrected chi connectivity index (χ3v) is 7.74. The Bertz CT molecular complexity index is 958. The lowest BCUT2D eigenvalue weighted by Crippen LogP contribution is -2.38. The monoisotopic (exact) mass is 429 g/mol. The quantitative estimate of drug-likeness (QED) is 0.713. The molecule has 2 aliphatic rings. The second kappa shape index (κ2) is 7.58. The number of carbonyl (C=O) groups excluding carboxylic acids is 1. The lowest BCUT2D eigenvalue weighted by atomic mass is 10.2. The zero-order chi connectivity index (χ0) is 19.8. The van der Waals surface area contributed by atoms with Crippen LogP contribution in [0, 0.1) is 11.3 Å². The number of amides is 1. The van der Waals surface area contributed by atoms with Crippen LogP contribution in [0.2, 0.25) is 5.02 Å². The van der Waals surface area contributed by atoms with Gasteiger partial charge in [0.25, 0.3) is 5.91 Å². The van der Waals surface area contributed by atoms with Gasteiger partial charge >= 0.3 is 0 Å². The molecule has 0 unspecified atom stereocenters. The number of thioether (sulfide) groups is 1. The van der Waals surface area contributed by atoms with Crippen LogP contribution in [0.5, 0.6) is 11.5 Å². The molecule has 2 saturated heterocycles. The Morgan fingerprint density at radius 1 is 1.37 bits per heavy atom. The van der Waals surface area contributed by atoms with Crippen molar-refractivity contribution in [1.82, 2.24) is 0 Å². The summed E-state index contributed by atoms with van der Waals surface area (Å²) in [5.41, 5.74) is 0.490. The smallest absolute Gasteiger partial charge is 0.262 e. The van der Waals surface area contributed by atoms with Gasteiger partial charge in [-0.15, -0.1) is 0 Å². The van der Waals surface area contributed by atoms with E-state index in [9.17, 15) is 13.2 Å². The standard InChI is InChI=1S/C16H16ClN3O5S2/c1-24-12-6-13(25-2)10(5-9(12)17)20-11-7-27(22,23)8-14(11)26-16(20)19-15(21)3-4-18/h5-6,11,14H,3,7-8H2,1-2H3/t11-,14-/m0/s1. The molecule has 144 valence electrons. The Kier molecular flexibility index (Phi) is 5.55. The first-order valence-electron chi connectivity index (χ1n) is 7.86. The molecular formula is C16H16ClN3O5S2. The first-order chi connectivity index (χ1) is 12.8. The summed E-state index contributed by atoms with van der Waals surface area (Å²) < 4.78 is 34.8. The highest BCUT2D eigenvalue weighted by molar-refractivity contribution is 8.16. The molecule has 8 nitrogen and oxygen atoms in total. The number of nitriles is 1. The van der Waals surface area contributed by atoms with E-state index in [2.05, 4.69) is 4.99 Å². The molecule has 0 radical (unpaired) electrons. The fourth-order valence-corrected chi connectivity index (χ4v) is 7.25. The Morgan fingerprint density at radius 3 is 2.70 bits per heavy atom. The number of rotatable bonds is 4. The number of fused-ring (bicyclic) bond motifs is 1. The second-order valence-corrected chi connectivity index (χ2v) is 9.72. The number of halogens is 1. The number of amidine groups is 1. The Hall–Kier alpha value is -1.96. The van der Waals surface area contributed by atoms with Crippen molar-refractivity contribution in [3.8, 4) is 17.6 Å². The summed E-state index contributed by atoms with van der Waals surface area (Å²) in [5, 5.41) is 9.08. The highest BCUT2D eigenvalue weighted by Gasteiger charge is 2.50. The van der Waals surface area contributed by atoms with Gasteiger partial charge in [-0.2, -0.15) is 10.3 Å². The van der Waals surface area contributed by atoms with Crippen molar-refractivity contribution in [2.45, 2.75) is 17.7 Å². The summed E-state index contributed by atoms with van der Waals surface area (Å²) in [6.45, 7) is 0. The molecule has 2 heterocycles. The molecular weight excluding hydrogens is 414 g/mol. The molecule has 3 rings (SSSR count). The minimum absolute atomic E-state index is 0.00348. The van der Waals surface area contributed by atoms with E-state index in [1.807, 2.05) is 0 Å². The maximum atomic E-state index is 12.1. The van der Waals surface area contributed by atoms with Gasteiger partial charge in [0.1, 0.15) is 17.9 Å². The molecule has 1 amide bonds. The number of nitrogens with zero attached hydrogens (tertiary/aromatic N) is 3. The van der Waals surface area contributed by atoms with Gasteiger partial charge in [0.15, 0.2) is 15.0 Å². The van der Waals surface area contributed by atoms with Crippen LogP contribution in [0.15, 0.2) is 17.1 Å². The maximum Gasteiger partial charge on any atom is 0.262 e. The van der Waals surface area contributed by atoms with Gasteiger partial charge < -0.3 is 14.4 Å². The topological polar surface area (TPSA) is 109 Å². The van der Waals surface area contributed by atoms with Crippen molar-refractivity contribution in [3.05, 3.63) is 17.2 Å². The van der Waals surface area contributed by atoms with E-state index in [1.165, 1.54) is 26.0 Å². The maximum absolute atomic E-state index is 12.1. The minimum atomic E-state index is -3.20. The van der Waals surface area contributed by atoms with Gasteiger partial charge in [-0.3, -0.25) is 4.79 Å². The van der Waals surface area contributed by atoms with Crippen molar-refractivity contribution in [2.24, 2.45) is 4.99 Å². The zero-order valence-corrected chi connectivity index (χ0v) is 16.9. The number of aliphatic imine (C=N–C) groups is 1. The molecule has 0 aromatic heterocycles. The van der Waals surface area contributed by atoms with Crippen molar-refractivity contribution in [1.29, 1.82) is 5.26 Å². The Balaban J connectivity index is 2.11. The molecule has 27 heavy (non-hydrogen) atoms. The van der Waals surface area contributed by atoms with Gasteiger partial charge in [-0.05, 0) is 6.07 Å². The van der Waals surface area contributed by atoms with Crippen molar-refractivity contribution < 1.29 is 22.7 Å². The van der Waals surface area contributed by atoms with Gasteiger partial charge in [0.2, 0.25) is 0 Å². The molecule has 1 aromatic carbocycles. The van der Waals surface area contributed by atoms with E-state index in [0.29, 0.717) is 27.4 Å². The van der Waals surface area contributed by atoms with Crippen molar-refractivity contribution in [3.63, 3.8) is 0 Å². The average Bonchev–Trinajstić information content (AvgIpc) is 3.05. The van der Waals surface area contributed by atoms with Crippen LogP contribution >= 0.6 is 23.4 Å². The molecule has 2 fully saturated rings. The molecule has 0 saturated carbocycles. The Labute approximate surface area is 166 Å². The largest absolute Gasteiger partial charge is 0.495 e. The van der Waals surface area contributed by atoms with Crippen LogP contribution < -0.4 is 14.4 Å². The van der Waals surface area contributed by atoms with E-state index >= 15 is 0 Å². The third kappa shape index (κ3) is 3.85. The van der Waals surface area contributed by atoms with Crippen molar-refractivity contribution in [2.75, 3.05) is 30.6 Å². The van der Waals surface area contributed by atoms with Crippen LogP contribution in [-0.2, 0) is 14.6 Å². The highest BCUT2D eigenvalue weighted by atomic mass is 35.5. The first kappa shape index (κ1) is 19.8. The van der Waals surface area contributed by atoms with Crippen LogP contribution in [0.1, 0.15) is 6.42 Å². The van der Waals surface area contributed by atoms with Crippen LogP contribution in [-0.4, -0.2) is 56.5 Å². The summed E-state index contributed by atoms with van der Waals surface area (Å²) in [4.78, 5) is 17.6. The number of hydrogen-bond acceptors (Lipinski definition) is 7. The first-order valence-corrected chi connectivity index (χ1v) is 10.9. The van der Waals surface area contributed by atoms with Gasteiger partial charge in [-0.1, -0.05) is 23.4 Å². The predicted molar refractivity (Wildman–Crippen MR) is 104 cm³/mol. The predicted octanol–water partition coefficient (Wildman–Crippen LogP) is 1.87. The van der Waals surface area contributed by atoms with E-state index in [1.54, 1.807) is 23.1 Å². The molecule has 0 aliphatic carbocycles. The minimum Gasteiger partial charge on any atom is -0.495 e. The second-order valence-electron chi connectivity index (χ2n) is 5.95. The Morgan fingerprint density at radius 2 is 2.07 bits per heavy atom. The van der Waals surface area contributed by atoms with Gasteiger partial charge in [-0.25, -0.2) is 8.42 Å². The lowest BCUT2D eigenvalue weighted by Gasteiger charge is -2.26. The number of hydrogen-bond donors (Lipinski definition) is 0. The number of benzene rings is 1. The molecule has 0 N–H and O–H groups in total. The van der Waals surface area contributed by atoms with E-state index in [-0.39, 0.29) is 23.2 Å². The SMILES string of the molecule is COc1cc(OC)c(N2C(=NC(=O)CC#N)S[C@H]3CS(=O)(=O)C[C@@H]32)cc1Cl. The molecule has 2 aliphatic heterocycles. The van der Waals surface area contributed by atoms with Crippen LogP contribution in [0.4, 0.5) is 5.69 Å². The van der Waals surface area contributed by atoms with Gasteiger partial charge in [0, 0.05) is 11.3 Å². The van der Waals surface area contributed by atoms with E-state index in [4.69, 9.17) is 26.3 Å².